The lowest BCUT2D eigenvalue weighted by molar-refractivity contribution is 0.282. The van der Waals surface area contributed by atoms with Crippen molar-refractivity contribution in [3.05, 3.63) is 47.9 Å². The van der Waals surface area contributed by atoms with Crippen LogP contribution < -0.4 is 5.32 Å². The van der Waals surface area contributed by atoms with Crippen molar-refractivity contribution in [2.24, 2.45) is 7.05 Å². The average Bonchev–Trinajstić information content (AvgIpc) is 2.93. The lowest BCUT2D eigenvalue weighted by Gasteiger charge is -2.09. The minimum atomic E-state index is -0.398. The number of pyridine rings is 1. The van der Waals surface area contributed by atoms with Gasteiger partial charge < -0.3 is 10.4 Å². The Bertz CT molecular complexity index is 786. The monoisotopic (exact) mass is 300 g/mol. The number of halogens is 1. The predicted octanol–water partition coefficient (Wildman–Crippen LogP) is 1.65. The zero-order chi connectivity index (χ0) is 15.5. The number of aromatic nitrogens is 5. The number of rotatable bonds is 4. The normalized spacial score (nSPS) is 10.7. The predicted molar refractivity (Wildman–Crippen MR) is 77.6 cm³/mol. The molecular formula is C14H13FN6O. The van der Waals surface area contributed by atoms with Crippen molar-refractivity contribution in [2.75, 3.05) is 5.32 Å². The fourth-order valence-corrected chi connectivity index (χ4v) is 2.09. The summed E-state index contributed by atoms with van der Waals surface area (Å²) in [5.41, 5.74) is 1.44. The number of tetrazole rings is 1. The highest BCUT2D eigenvalue weighted by Gasteiger charge is 2.11. The highest BCUT2D eigenvalue weighted by Crippen LogP contribution is 2.27. The van der Waals surface area contributed by atoms with Crippen LogP contribution in [0.3, 0.4) is 0 Å². The highest BCUT2D eigenvalue weighted by atomic mass is 19.1. The molecule has 0 atom stereocenters. The number of aryl methyl sites for hydroxylation is 1. The summed E-state index contributed by atoms with van der Waals surface area (Å²) in [4.78, 5) is 5.52. The maximum Gasteiger partial charge on any atom is 0.268 e. The van der Waals surface area contributed by atoms with Crippen LogP contribution in [0.25, 0.3) is 11.1 Å². The molecule has 2 heterocycles. The van der Waals surface area contributed by atoms with Crippen LogP contribution in [0.1, 0.15) is 5.56 Å². The fraction of sp³-hybridized carbons (Fsp3) is 0.143. The Morgan fingerprint density at radius 1 is 1.27 bits per heavy atom. The molecule has 2 N–H and O–H groups in total. The molecule has 0 radical (unpaired) electrons. The Morgan fingerprint density at radius 2 is 2.14 bits per heavy atom. The first kappa shape index (κ1) is 14.1. The molecule has 0 saturated heterocycles. The van der Waals surface area contributed by atoms with Crippen LogP contribution in [0.5, 0.6) is 0 Å². The first-order valence-electron chi connectivity index (χ1n) is 6.53. The molecule has 0 unspecified atom stereocenters. The van der Waals surface area contributed by atoms with Gasteiger partial charge in [-0.15, -0.1) is 5.10 Å². The lowest BCUT2D eigenvalue weighted by atomic mass is 10.0. The van der Waals surface area contributed by atoms with Crippen molar-refractivity contribution in [3.8, 4) is 11.1 Å². The van der Waals surface area contributed by atoms with E-state index in [0.29, 0.717) is 28.5 Å². The summed E-state index contributed by atoms with van der Waals surface area (Å²) >= 11 is 0. The lowest BCUT2D eigenvalue weighted by Crippen LogP contribution is -1.98. The van der Waals surface area contributed by atoms with Crippen LogP contribution in [0.2, 0.25) is 0 Å². The van der Waals surface area contributed by atoms with Crippen LogP contribution in [0, 0.1) is 5.82 Å². The third-order valence-corrected chi connectivity index (χ3v) is 3.07. The van der Waals surface area contributed by atoms with Gasteiger partial charge in [0.2, 0.25) is 0 Å². The second-order valence-electron chi connectivity index (χ2n) is 4.59. The molecule has 0 spiro atoms. The summed E-state index contributed by atoms with van der Waals surface area (Å²) in [5.74, 6) is 0.438. The van der Waals surface area contributed by atoms with Crippen molar-refractivity contribution in [2.45, 2.75) is 6.61 Å². The van der Waals surface area contributed by atoms with Crippen molar-refractivity contribution in [1.29, 1.82) is 0 Å². The Labute approximate surface area is 125 Å². The summed E-state index contributed by atoms with van der Waals surface area (Å²) in [6.07, 6.45) is 1.52. The van der Waals surface area contributed by atoms with Crippen LogP contribution in [0.4, 0.5) is 16.2 Å². The van der Waals surface area contributed by atoms with Gasteiger partial charge in [0.25, 0.3) is 5.95 Å². The quantitative estimate of drug-likeness (QED) is 0.761. The number of hydrogen-bond donors (Lipinski definition) is 2. The molecule has 22 heavy (non-hydrogen) atoms. The van der Waals surface area contributed by atoms with Gasteiger partial charge in [0.1, 0.15) is 11.6 Å². The van der Waals surface area contributed by atoms with Gasteiger partial charge in [-0.25, -0.2) is 9.37 Å². The van der Waals surface area contributed by atoms with E-state index in [1.807, 2.05) is 0 Å². The van der Waals surface area contributed by atoms with Crippen LogP contribution in [-0.2, 0) is 13.7 Å². The number of aliphatic hydroxyl groups excluding tert-OH is 1. The van der Waals surface area contributed by atoms with Gasteiger partial charge in [0.15, 0.2) is 0 Å². The molecule has 7 nitrogen and oxygen atoms in total. The van der Waals surface area contributed by atoms with Crippen molar-refractivity contribution >= 4 is 11.8 Å². The number of hydrogen-bond acceptors (Lipinski definition) is 6. The minimum absolute atomic E-state index is 0.239. The van der Waals surface area contributed by atoms with Crippen molar-refractivity contribution in [1.82, 2.24) is 25.2 Å². The molecule has 8 heteroatoms. The Hall–Kier alpha value is -2.87. The molecule has 0 aliphatic rings. The van der Waals surface area contributed by atoms with Crippen molar-refractivity contribution in [3.63, 3.8) is 0 Å². The molecule has 1 aromatic carbocycles. The number of benzene rings is 1. The second kappa shape index (κ2) is 5.86. The minimum Gasteiger partial charge on any atom is -0.392 e. The molecule has 2 aromatic heterocycles. The van der Waals surface area contributed by atoms with E-state index in [2.05, 4.69) is 25.7 Å². The summed E-state index contributed by atoms with van der Waals surface area (Å²) in [7, 11) is 1.66. The van der Waals surface area contributed by atoms with E-state index >= 15 is 0 Å². The van der Waals surface area contributed by atoms with Crippen molar-refractivity contribution < 1.29 is 9.50 Å². The smallest absolute Gasteiger partial charge is 0.268 e. The van der Waals surface area contributed by atoms with Gasteiger partial charge in [-0.3, -0.25) is 0 Å². The van der Waals surface area contributed by atoms with Gasteiger partial charge in [0.05, 0.1) is 13.7 Å². The van der Waals surface area contributed by atoms with E-state index in [4.69, 9.17) is 0 Å². The van der Waals surface area contributed by atoms with E-state index in [1.165, 1.54) is 17.1 Å². The number of nitrogens with zero attached hydrogens (tertiary/aromatic N) is 5. The van der Waals surface area contributed by atoms with E-state index < -0.39 is 5.82 Å². The Balaban J connectivity index is 1.88. The Morgan fingerprint density at radius 3 is 2.77 bits per heavy atom. The molecule has 0 fully saturated rings. The summed E-state index contributed by atoms with van der Waals surface area (Å²) in [6, 6.07) is 7.98. The first-order valence-corrected chi connectivity index (χ1v) is 6.53. The van der Waals surface area contributed by atoms with Gasteiger partial charge in [-0.1, -0.05) is 17.2 Å². The van der Waals surface area contributed by atoms with E-state index in [-0.39, 0.29) is 6.61 Å². The van der Waals surface area contributed by atoms with E-state index in [9.17, 15) is 9.50 Å². The summed E-state index contributed by atoms with van der Waals surface area (Å²) < 4.78 is 14.0. The average molecular weight is 300 g/mol. The maximum absolute atomic E-state index is 14.0. The van der Waals surface area contributed by atoms with Gasteiger partial charge >= 0.3 is 0 Å². The Kier molecular flexibility index (Phi) is 3.75. The standard InChI is InChI=1S/C14H13FN6O/c1-21-19-14(18-20-21)17-12-6-5-9(7-16-12)13-10(8-22)3-2-4-11(13)15/h2-7,22H,8H2,1H3,(H,16,17,19). The third kappa shape index (κ3) is 2.77. The molecule has 3 rings (SSSR count). The van der Waals surface area contributed by atoms with Gasteiger partial charge in [-0.05, 0) is 29.0 Å². The zero-order valence-electron chi connectivity index (χ0n) is 11.7. The molecular weight excluding hydrogens is 287 g/mol. The summed E-state index contributed by atoms with van der Waals surface area (Å²) in [6.45, 7) is -0.239. The second-order valence-corrected chi connectivity index (χ2v) is 4.59. The molecule has 0 saturated carbocycles. The fourth-order valence-electron chi connectivity index (χ4n) is 2.09. The van der Waals surface area contributed by atoms with Gasteiger partial charge in [-0.2, -0.15) is 4.80 Å². The number of nitrogens with one attached hydrogen (secondary N) is 1. The first-order chi connectivity index (χ1) is 10.7. The number of aliphatic hydroxyl groups is 1. The summed E-state index contributed by atoms with van der Waals surface area (Å²) in [5, 5.41) is 23.7. The maximum atomic E-state index is 14.0. The van der Waals surface area contributed by atoms with Crippen LogP contribution in [-0.4, -0.2) is 30.3 Å². The third-order valence-electron chi connectivity index (χ3n) is 3.07. The van der Waals surface area contributed by atoms with E-state index in [0.717, 1.165) is 0 Å². The molecule has 0 aliphatic heterocycles. The zero-order valence-corrected chi connectivity index (χ0v) is 11.7. The molecule has 0 bridgehead atoms. The highest BCUT2D eigenvalue weighted by molar-refractivity contribution is 5.68. The molecule has 112 valence electrons. The van der Waals surface area contributed by atoms with Gasteiger partial charge in [0, 0.05) is 17.3 Å². The topological polar surface area (TPSA) is 88.8 Å². The molecule has 0 amide bonds. The number of anilines is 2. The van der Waals surface area contributed by atoms with E-state index in [1.54, 1.807) is 31.3 Å². The molecule has 0 aliphatic carbocycles. The van der Waals surface area contributed by atoms with Crippen LogP contribution >= 0.6 is 0 Å². The molecule has 3 aromatic rings. The largest absolute Gasteiger partial charge is 0.392 e. The van der Waals surface area contributed by atoms with Crippen LogP contribution in [0.15, 0.2) is 36.5 Å². The SMILES string of the molecule is Cn1nnc(Nc2ccc(-c3c(F)cccc3CO)cn2)n1.